The number of rotatable bonds is 3. The molecule has 2 amide bonds. The predicted molar refractivity (Wildman–Crippen MR) is 111 cm³/mol. The number of hydrogen-bond donors (Lipinski definition) is 1. The minimum Gasteiger partial charge on any atom is -0.354 e. The molecule has 1 aromatic carbocycles. The Balaban J connectivity index is 1.34. The van der Waals surface area contributed by atoms with Gasteiger partial charge in [0.15, 0.2) is 0 Å². The summed E-state index contributed by atoms with van der Waals surface area (Å²) < 4.78 is 13.8. The van der Waals surface area contributed by atoms with E-state index in [0.717, 1.165) is 37.8 Å². The zero-order valence-electron chi connectivity index (χ0n) is 16.6. The molecule has 0 aliphatic carbocycles. The summed E-state index contributed by atoms with van der Waals surface area (Å²) in [6.07, 6.45) is 1.61. The van der Waals surface area contributed by atoms with Crippen molar-refractivity contribution < 1.29 is 9.18 Å². The zero-order valence-corrected chi connectivity index (χ0v) is 16.6. The van der Waals surface area contributed by atoms with Crippen molar-refractivity contribution in [1.29, 1.82) is 0 Å². The number of nitrogens with zero attached hydrogens (tertiary/aromatic N) is 6. The maximum Gasteiger partial charge on any atom is 0.322 e. The van der Waals surface area contributed by atoms with E-state index in [2.05, 4.69) is 37.0 Å². The molecule has 4 rings (SSSR count). The van der Waals surface area contributed by atoms with Crippen LogP contribution < -0.4 is 15.1 Å². The average molecular weight is 399 g/mol. The fraction of sp³-hybridized carbons (Fsp3) is 0.450. The molecule has 0 radical (unpaired) electrons. The zero-order chi connectivity index (χ0) is 20.2. The highest BCUT2D eigenvalue weighted by atomic mass is 19.1. The van der Waals surface area contributed by atoms with E-state index in [9.17, 15) is 9.18 Å². The number of nitrogens with one attached hydrogen (secondary N) is 1. The summed E-state index contributed by atoms with van der Waals surface area (Å²) in [5.41, 5.74) is 0.201. The topological polar surface area (TPSA) is 67.8 Å². The number of urea groups is 1. The van der Waals surface area contributed by atoms with E-state index >= 15 is 0 Å². The average Bonchev–Trinajstić information content (AvgIpc) is 2.76. The molecule has 0 saturated carbocycles. The second-order valence-corrected chi connectivity index (χ2v) is 7.41. The van der Waals surface area contributed by atoms with Crippen LogP contribution in [0.2, 0.25) is 0 Å². The predicted octanol–water partition coefficient (Wildman–Crippen LogP) is 1.72. The molecule has 2 fully saturated rings. The van der Waals surface area contributed by atoms with Gasteiger partial charge in [-0.25, -0.2) is 19.2 Å². The summed E-state index contributed by atoms with van der Waals surface area (Å²) in [6, 6.07) is 7.94. The van der Waals surface area contributed by atoms with Gasteiger partial charge in [-0.05, 0) is 19.2 Å². The molecular weight excluding hydrogens is 373 g/mol. The fourth-order valence-electron chi connectivity index (χ4n) is 3.61. The summed E-state index contributed by atoms with van der Waals surface area (Å²) in [5, 5.41) is 2.65. The molecule has 2 saturated heterocycles. The molecule has 29 heavy (non-hydrogen) atoms. The van der Waals surface area contributed by atoms with Gasteiger partial charge < -0.3 is 24.9 Å². The highest BCUT2D eigenvalue weighted by Crippen LogP contribution is 2.20. The molecule has 8 nitrogen and oxygen atoms in total. The number of hydrogen-bond acceptors (Lipinski definition) is 6. The molecule has 9 heteroatoms. The quantitative estimate of drug-likeness (QED) is 0.848. The molecule has 0 bridgehead atoms. The van der Waals surface area contributed by atoms with Gasteiger partial charge in [-0.2, -0.15) is 0 Å². The number of carbonyl (C=O) groups is 1. The number of anilines is 3. The van der Waals surface area contributed by atoms with Gasteiger partial charge in [0.05, 0.1) is 5.69 Å². The SMILES string of the molecule is CN1CCN(c2cc(N3CCN(C(=O)Nc4ccccc4F)CC3)ncn2)CC1. The molecule has 2 aliphatic heterocycles. The maximum absolute atomic E-state index is 13.8. The lowest BCUT2D eigenvalue weighted by atomic mass is 10.3. The van der Waals surface area contributed by atoms with Crippen molar-refractivity contribution in [3.05, 3.63) is 42.5 Å². The van der Waals surface area contributed by atoms with Gasteiger partial charge in [0.1, 0.15) is 23.8 Å². The number of aromatic nitrogens is 2. The van der Waals surface area contributed by atoms with Crippen LogP contribution in [-0.4, -0.2) is 85.2 Å². The third-order valence-corrected chi connectivity index (χ3v) is 5.47. The van der Waals surface area contributed by atoms with Gasteiger partial charge in [-0.15, -0.1) is 0 Å². The van der Waals surface area contributed by atoms with Crippen LogP contribution in [-0.2, 0) is 0 Å². The van der Waals surface area contributed by atoms with Crippen LogP contribution in [0.1, 0.15) is 0 Å². The summed E-state index contributed by atoms with van der Waals surface area (Å²) in [4.78, 5) is 29.8. The number of likely N-dealkylation sites (N-methyl/N-ethyl adjacent to an activating group) is 1. The van der Waals surface area contributed by atoms with Gasteiger partial charge in [-0.3, -0.25) is 0 Å². The Morgan fingerprint density at radius 3 is 2.14 bits per heavy atom. The molecule has 3 heterocycles. The number of amides is 2. The van der Waals surface area contributed by atoms with Crippen LogP contribution in [0.3, 0.4) is 0 Å². The van der Waals surface area contributed by atoms with Crippen molar-refractivity contribution >= 4 is 23.4 Å². The van der Waals surface area contributed by atoms with Crippen molar-refractivity contribution in [2.24, 2.45) is 0 Å². The Morgan fingerprint density at radius 2 is 1.52 bits per heavy atom. The standard InChI is InChI=1S/C20H26FN7O/c1-25-6-8-26(9-7-25)18-14-19(23-15-22-18)27-10-12-28(13-11-27)20(29)24-17-5-3-2-4-16(17)21/h2-5,14-15H,6-13H2,1H3,(H,24,29). The van der Waals surface area contributed by atoms with Crippen LogP contribution in [0.25, 0.3) is 0 Å². The van der Waals surface area contributed by atoms with Crippen molar-refractivity contribution in [2.75, 3.05) is 74.5 Å². The second-order valence-electron chi connectivity index (χ2n) is 7.41. The van der Waals surface area contributed by atoms with Gasteiger partial charge in [0.25, 0.3) is 0 Å². The first-order valence-corrected chi connectivity index (χ1v) is 9.91. The van der Waals surface area contributed by atoms with Crippen LogP contribution >= 0.6 is 0 Å². The molecular formula is C20H26FN7O. The summed E-state index contributed by atoms with van der Waals surface area (Å²) in [6.45, 7) is 6.40. The lowest BCUT2D eigenvalue weighted by molar-refractivity contribution is 0.208. The Hall–Kier alpha value is -2.94. The van der Waals surface area contributed by atoms with Crippen molar-refractivity contribution in [1.82, 2.24) is 19.8 Å². The van der Waals surface area contributed by atoms with Crippen LogP contribution in [0.15, 0.2) is 36.7 Å². The third-order valence-electron chi connectivity index (χ3n) is 5.47. The van der Waals surface area contributed by atoms with Gasteiger partial charge >= 0.3 is 6.03 Å². The number of benzene rings is 1. The van der Waals surface area contributed by atoms with E-state index in [1.165, 1.54) is 6.07 Å². The normalized spacial score (nSPS) is 18.1. The van der Waals surface area contributed by atoms with Crippen LogP contribution in [0, 0.1) is 5.82 Å². The summed E-state index contributed by atoms with van der Waals surface area (Å²) in [7, 11) is 2.13. The van der Waals surface area contributed by atoms with Crippen LogP contribution in [0.4, 0.5) is 26.5 Å². The number of halogens is 1. The number of para-hydroxylation sites is 1. The van der Waals surface area contributed by atoms with E-state index < -0.39 is 5.82 Å². The van der Waals surface area contributed by atoms with Crippen molar-refractivity contribution in [3.63, 3.8) is 0 Å². The highest BCUT2D eigenvalue weighted by Gasteiger charge is 2.23. The number of carbonyl (C=O) groups excluding carboxylic acids is 1. The lowest BCUT2D eigenvalue weighted by Gasteiger charge is -2.36. The first-order chi connectivity index (χ1) is 14.1. The molecule has 0 atom stereocenters. The van der Waals surface area contributed by atoms with E-state index in [4.69, 9.17) is 0 Å². The minimum absolute atomic E-state index is 0.201. The van der Waals surface area contributed by atoms with E-state index in [1.807, 2.05) is 6.07 Å². The second kappa shape index (κ2) is 8.60. The summed E-state index contributed by atoms with van der Waals surface area (Å²) in [5.74, 6) is 1.39. The van der Waals surface area contributed by atoms with E-state index in [0.29, 0.717) is 26.2 Å². The Labute approximate surface area is 169 Å². The van der Waals surface area contributed by atoms with Gasteiger partial charge in [-0.1, -0.05) is 12.1 Å². The first kappa shape index (κ1) is 19.4. The third kappa shape index (κ3) is 4.56. The Bertz CT molecular complexity index is 848. The molecule has 0 unspecified atom stereocenters. The smallest absolute Gasteiger partial charge is 0.322 e. The molecule has 1 N–H and O–H groups in total. The fourth-order valence-corrected chi connectivity index (χ4v) is 3.61. The van der Waals surface area contributed by atoms with Crippen molar-refractivity contribution in [3.8, 4) is 0 Å². The highest BCUT2D eigenvalue weighted by molar-refractivity contribution is 5.89. The first-order valence-electron chi connectivity index (χ1n) is 9.91. The number of piperazine rings is 2. The summed E-state index contributed by atoms with van der Waals surface area (Å²) >= 11 is 0. The van der Waals surface area contributed by atoms with Gasteiger partial charge in [0, 0.05) is 58.4 Å². The molecule has 2 aromatic rings. The Morgan fingerprint density at radius 1 is 0.931 bits per heavy atom. The van der Waals surface area contributed by atoms with E-state index in [1.54, 1.807) is 29.4 Å². The largest absolute Gasteiger partial charge is 0.354 e. The maximum atomic E-state index is 13.8. The molecule has 2 aliphatic rings. The minimum atomic E-state index is -0.433. The van der Waals surface area contributed by atoms with E-state index in [-0.39, 0.29) is 11.7 Å². The monoisotopic (exact) mass is 399 g/mol. The molecule has 1 aromatic heterocycles. The lowest BCUT2D eigenvalue weighted by Crippen LogP contribution is -2.50. The van der Waals surface area contributed by atoms with Crippen molar-refractivity contribution in [2.45, 2.75) is 0 Å². The van der Waals surface area contributed by atoms with Crippen LogP contribution in [0.5, 0.6) is 0 Å². The van der Waals surface area contributed by atoms with Gasteiger partial charge in [0.2, 0.25) is 0 Å². The molecule has 0 spiro atoms. The molecule has 154 valence electrons. The Kier molecular flexibility index (Phi) is 5.75.